The lowest BCUT2D eigenvalue weighted by atomic mass is 9.74. The summed E-state index contributed by atoms with van der Waals surface area (Å²) in [6, 6.07) is 0.396. The number of likely N-dealkylation sites (tertiary alicyclic amines) is 1. The quantitative estimate of drug-likeness (QED) is 0.742. The third-order valence-electron chi connectivity index (χ3n) is 5.29. The summed E-state index contributed by atoms with van der Waals surface area (Å²) in [5.41, 5.74) is 0.566. The Labute approximate surface area is 126 Å². The molecule has 3 aliphatic rings. The molecule has 3 rings (SSSR count). The van der Waals surface area contributed by atoms with E-state index in [1.807, 2.05) is 0 Å². The Morgan fingerprint density at radius 2 is 2.05 bits per heavy atom. The van der Waals surface area contributed by atoms with Gasteiger partial charge in [0.05, 0.1) is 0 Å². The zero-order valence-corrected chi connectivity index (χ0v) is 13.0. The maximum Gasteiger partial charge on any atom is 0.270 e. The van der Waals surface area contributed by atoms with E-state index in [0.29, 0.717) is 30.5 Å². The lowest BCUT2D eigenvalue weighted by Crippen LogP contribution is -2.53. The highest BCUT2D eigenvalue weighted by Crippen LogP contribution is 2.38. The van der Waals surface area contributed by atoms with Crippen LogP contribution >= 0.6 is 0 Å². The molecule has 0 N–H and O–H groups in total. The van der Waals surface area contributed by atoms with E-state index >= 15 is 0 Å². The van der Waals surface area contributed by atoms with Gasteiger partial charge in [-0.25, -0.2) is 5.01 Å². The maximum atomic E-state index is 12.8. The van der Waals surface area contributed by atoms with Crippen molar-refractivity contribution < 1.29 is 9.59 Å². The minimum atomic E-state index is -0.00504. The Balaban J connectivity index is 1.75. The van der Waals surface area contributed by atoms with E-state index in [4.69, 9.17) is 0 Å². The number of nitrogens with zero attached hydrogens (tertiary/aromatic N) is 3. The van der Waals surface area contributed by atoms with Crippen LogP contribution in [-0.2, 0) is 9.59 Å². The predicted molar refractivity (Wildman–Crippen MR) is 80.7 cm³/mol. The molecule has 0 spiro atoms. The third kappa shape index (κ3) is 2.83. The molecule has 2 fully saturated rings. The molecule has 0 aromatic heterocycles. The van der Waals surface area contributed by atoms with E-state index in [1.54, 1.807) is 7.05 Å². The fourth-order valence-corrected chi connectivity index (χ4v) is 4.13. The minimum Gasteiger partial charge on any atom is -0.334 e. The first kappa shape index (κ1) is 14.5. The van der Waals surface area contributed by atoms with Crippen molar-refractivity contribution in [2.45, 2.75) is 57.9 Å². The molecule has 3 atom stereocenters. The van der Waals surface area contributed by atoms with E-state index in [0.717, 1.165) is 25.3 Å². The molecule has 2 amide bonds. The van der Waals surface area contributed by atoms with Crippen LogP contribution in [0.5, 0.6) is 0 Å². The molecule has 2 heterocycles. The SMILES string of the molecule is C[C@@H]1CC[C@H]2[C@H](CCCN2C(=O)C2=NN(C)C(=O)CC2)C1. The molecule has 1 aliphatic carbocycles. The minimum absolute atomic E-state index is 0.00504. The summed E-state index contributed by atoms with van der Waals surface area (Å²) in [6.07, 6.45) is 6.84. The Hall–Kier alpha value is -1.39. The first-order valence-corrected chi connectivity index (χ1v) is 8.21. The number of fused-ring (bicyclic) bond motifs is 1. The van der Waals surface area contributed by atoms with Gasteiger partial charge in [-0.2, -0.15) is 5.10 Å². The largest absolute Gasteiger partial charge is 0.334 e. The van der Waals surface area contributed by atoms with Gasteiger partial charge >= 0.3 is 0 Å². The first-order valence-electron chi connectivity index (χ1n) is 8.21. The molecule has 1 saturated carbocycles. The predicted octanol–water partition coefficient (Wildman–Crippen LogP) is 2.02. The Bertz CT molecular complexity index is 474. The highest BCUT2D eigenvalue weighted by atomic mass is 16.2. The Morgan fingerprint density at radius 1 is 1.24 bits per heavy atom. The van der Waals surface area contributed by atoms with Gasteiger partial charge in [0.25, 0.3) is 5.91 Å². The standard InChI is InChI=1S/C16H25N3O2/c1-11-5-7-14-12(10-11)4-3-9-19(14)16(21)13-6-8-15(20)18(2)17-13/h11-12,14H,3-10H2,1-2H3/t11-,12-,14+/m1/s1. The average Bonchev–Trinajstić information content (AvgIpc) is 2.48. The fraction of sp³-hybridized carbons (Fsp3) is 0.812. The molecule has 0 unspecified atom stereocenters. The van der Waals surface area contributed by atoms with E-state index in [-0.39, 0.29) is 11.8 Å². The molecule has 5 nitrogen and oxygen atoms in total. The number of hydrazone groups is 1. The van der Waals surface area contributed by atoms with Crippen LogP contribution in [0.25, 0.3) is 0 Å². The summed E-state index contributed by atoms with van der Waals surface area (Å²) in [5, 5.41) is 5.52. The Kier molecular flexibility index (Phi) is 4.00. The monoisotopic (exact) mass is 291 g/mol. The molecule has 116 valence electrons. The fourth-order valence-electron chi connectivity index (χ4n) is 4.13. The summed E-state index contributed by atoms with van der Waals surface area (Å²) in [6.45, 7) is 3.17. The van der Waals surface area contributed by atoms with Crippen LogP contribution in [0.15, 0.2) is 5.10 Å². The van der Waals surface area contributed by atoms with Crippen LogP contribution in [0.3, 0.4) is 0 Å². The first-order chi connectivity index (χ1) is 10.1. The third-order valence-corrected chi connectivity index (χ3v) is 5.29. The second-order valence-corrected chi connectivity index (χ2v) is 6.85. The second-order valence-electron chi connectivity index (χ2n) is 6.85. The molecule has 0 bridgehead atoms. The second kappa shape index (κ2) is 5.78. The summed E-state index contributed by atoms with van der Waals surface area (Å²) in [5.74, 6) is 1.51. The number of amides is 2. The van der Waals surface area contributed by atoms with Crippen molar-refractivity contribution in [2.75, 3.05) is 13.6 Å². The van der Waals surface area contributed by atoms with Gasteiger partial charge in [0, 0.05) is 32.5 Å². The van der Waals surface area contributed by atoms with E-state index in [1.165, 1.54) is 24.3 Å². The van der Waals surface area contributed by atoms with Gasteiger partial charge < -0.3 is 4.90 Å². The molecule has 0 aromatic carbocycles. The van der Waals surface area contributed by atoms with Gasteiger partial charge in [0.1, 0.15) is 5.71 Å². The summed E-state index contributed by atoms with van der Waals surface area (Å²) >= 11 is 0. The molecule has 0 radical (unpaired) electrons. The van der Waals surface area contributed by atoms with E-state index < -0.39 is 0 Å². The maximum absolute atomic E-state index is 12.8. The average molecular weight is 291 g/mol. The number of hydrogen-bond acceptors (Lipinski definition) is 3. The van der Waals surface area contributed by atoms with Crippen molar-refractivity contribution in [2.24, 2.45) is 16.9 Å². The number of carbonyl (C=O) groups excluding carboxylic acids is 2. The molecule has 0 aromatic rings. The summed E-state index contributed by atoms with van der Waals surface area (Å²) in [7, 11) is 1.63. The molecule has 5 heteroatoms. The summed E-state index contributed by atoms with van der Waals surface area (Å²) < 4.78 is 0. The molecule has 1 saturated heterocycles. The van der Waals surface area contributed by atoms with Crippen LogP contribution in [0, 0.1) is 11.8 Å². The number of piperidine rings is 1. The van der Waals surface area contributed by atoms with Crippen LogP contribution < -0.4 is 0 Å². The normalized spacial score (nSPS) is 33.5. The molecular formula is C16H25N3O2. The zero-order chi connectivity index (χ0) is 15.0. The van der Waals surface area contributed by atoms with Crippen molar-refractivity contribution in [3.63, 3.8) is 0 Å². The van der Waals surface area contributed by atoms with Gasteiger partial charge in [-0.1, -0.05) is 6.92 Å². The summed E-state index contributed by atoms with van der Waals surface area (Å²) in [4.78, 5) is 26.4. The van der Waals surface area contributed by atoms with Crippen molar-refractivity contribution in [1.29, 1.82) is 0 Å². The Morgan fingerprint density at radius 3 is 2.81 bits per heavy atom. The highest BCUT2D eigenvalue weighted by Gasteiger charge is 2.39. The highest BCUT2D eigenvalue weighted by molar-refractivity contribution is 6.39. The van der Waals surface area contributed by atoms with Crippen molar-refractivity contribution in [1.82, 2.24) is 9.91 Å². The number of carbonyl (C=O) groups is 2. The van der Waals surface area contributed by atoms with Gasteiger partial charge in [0.2, 0.25) is 5.91 Å². The van der Waals surface area contributed by atoms with Crippen LogP contribution in [0.4, 0.5) is 0 Å². The van der Waals surface area contributed by atoms with E-state index in [9.17, 15) is 9.59 Å². The van der Waals surface area contributed by atoms with Gasteiger partial charge in [-0.15, -0.1) is 0 Å². The van der Waals surface area contributed by atoms with Gasteiger partial charge in [-0.05, 0) is 43.9 Å². The van der Waals surface area contributed by atoms with Crippen LogP contribution in [0.1, 0.15) is 51.9 Å². The zero-order valence-electron chi connectivity index (χ0n) is 13.0. The van der Waals surface area contributed by atoms with E-state index in [2.05, 4.69) is 16.9 Å². The topological polar surface area (TPSA) is 53.0 Å². The van der Waals surface area contributed by atoms with Crippen LogP contribution in [-0.4, -0.2) is 47.1 Å². The lowest BCUT2D eigenvalue weighted by molar-refractivity contribution is -0.132. The number of rotatable bonds is 1. The van der Waals surface area contributed by atoms with Gasteiger partial charge in [-0.3, -0.25) is 9.59 Å². The van der Waals surface area contributed by atoms with Crippen LogP contribution in [0.2, 0.25) is 0 Å². The van der Waals surface area contributed by atoms with Gasteiger partial charge in [0.15, 0.2) is 0 Å². The molecular weight excluding hydrogens is 266 g/mol. The number of hydrogen-bond donors (Lipinski definition) is 0. The lowest BCUT2D eigenvalue weighted by Gasteiger charge is -2.46. The van der Waals surface area contributed by atoms with Crippen molar-refractivity contribution in [3.05, 3.63) is 0 Å². The van der Waals surface area contributed by atoms with Crippen molar-refractivity contribution in [3.8, 4) is 0 Å². The smallest absolute Gasteiger partial charge is 0.270 e. The van der Waals surface area contributed by atoms with Crippen molar-refractivity contribution >= 4 is 17.5 Å². The molecule has 2 aliphatic heterocycles. The molecule has 21 heavy (non-hydrogen) atoms.